The molecule has 0 radical (unpaired) electrons. The minimum atomic E-state index is -0.668. The van der Waals surface area contributed by atoms with E-state index in [1.165, 1.54) is 12.1 Å². The second-order valence-electron chi connectivity index (χ2n) is 5.06. The number of aryl methyl sites for hydroxylation is 1. The first kappa shape index (κ1) is 13.6. The number of aromatic nitrogens is 1. The van der Waals surface area contributed by atoms with Crippen molar-refractivity contribution in [1.82, 2.24) is 4.98 Å². The van der Waals surface area contributed by atoms with Crippen LogP contribution in [0.5, 0.6) is 0 Å². The van der Waals surface area contributed by atoms with E-state index >= 15 is 0 Å². The fourth-order valence-corrected chi connectivity index (χ4v) is 2.46. The summed E-state index contributed by atoms with van der Waals surface area (Å²) >= 11 is 0. The lowest BCUT2D eigenvalue weighted by atomic mass is 10.0. The molecule has 0 aliphatic rings. The molecule has 0 spiro atoms. The van der Waals surface area contributed by atoms with Crippen molar-refractivity contribution in [3.63, 3.8) is 0 Å². The quantitative estimate of drug-likeness (QED) is 0.776. The van der Waals surface area contributed by atoms with Gasteiger partial charge in [0.2, 0.25) is 0 Å². The normalized spacial score (nSPS) is 12.6. The average molecular weight is 284 g/mol. The molecule has 0 fully saturated rings. The van der Waals surface area contributed by atoms with Gasteiger partial charge in [-0.2, -0.15) is 0 Å². The van der Waals surface area contributed by atoms with Gasteiger partial charge in [-0.25, -0.2) is 8.78 Å². The summed E-state index contributed by atoms with van der Waals surface area (Å²) in [4.78, 5) is 4.50. The molecule has 2 aromatic carbocycles. The van der Waals surface area contributed by atoms with Gasteiger partial charge >= 0.3 is 0 Å². The molecule has 0 saturated carbocycles. The third-order valence-corrected chi connectivity index (χ3v) is 3.51. The highest BCUT2D eigenvalue weighted by molar-refractivity contribution is 5.82. The zero-order valence-electron chi connectivity index (χ0n) is 11.5. The molecule has 1 aromatic heterocycles. The highest BCUT2D eigenvalue weighted by atomic mass is 19.1. The number of nitrogens with two attached hydrogens (primary N) is 1. The van der Waals surface area contributed by atoms with Crippen molar-refractivity contribution in [2.45, 2.75) is 13.0 Å². The maximum Gasteiger partial charge on any atom is 0.126 e. The Labute approximate surface area is 121 Å². The van der Waals surface area contributed by atoms with Gasteiger partial charge in [-0.15, -0.1) is 0 Å². The van der Waals surface area contributed by atoms with Crippen molar-refractivity contribution in [2.24, 2.45) is 5.73 Å². The first-order valence-electron chi connectivity index (χ1n) is 6.62. The molecule has 106 valence electrons. The highest BCUT2D eigenvalue weighted by Crippen LogP contribution is 2.24. The van der Waals surface area contributed by atoms with Crippen LogP contribution in [0, 0.1) is 18.6 Å². The van der Waals surface area contributed by atoms with Gasteiger partial charge in [-0.05, 0) is 42.3 Å². The van der Waals surface area contributed by atoms with E-state index in [4.69, 9.17) is 5.73 Å². The van der Waals surface area contributed by atoms with Gasteiger partial charge in [-0.3, -0.25) is 4.98 Å². The van der Waals surface area contributed by atoms with Gasteiger partial charge in [0, 0.05) is 11.5 Å². The lowest BCUT2D eigenvalue weighted by molar-refractivity contribution is 0.577. The zero-order chi connectivity index (χ0) is 15.0. The Kier molecular flexibility index (Phi) is 3.39. The molecule has 2 N–H and O–H groups in total. The molecule has 1 heterocycles. The zero-order valence-corrected chi connectivity index (χ0v) is 11.5. The van der Waals surface area contributed by atoms with E-state index in [0.29, 0.717) is 11.3 Å². The van der Waals surface area contributed by atoms with Crippen molar-refractivity contribution in [2.75, 3.05) is 0 Å². The van der Waals surface area contributed by atoms with Crippen LogP contribution < -0.4 is 5.73 Å². The average Bonchev–Trinajstić information content (AvgIpc) is 2.45. The van der Waals surface area contributed by atoms with Crippen molar-refractivity contribution in [3.05, 3.63) is 77.0 Å². The van der Waals surface area contributed by atoms with Gasteiger partial charge in [0.15, 0.2) is 0 Å². The number of para-hydroxylation sites is 1. The maximum absolute atomic E-state index is 13.3. The molecular weight excluding hydrogens is 270 g/mol. The largest absolute Gasteiger partial charge is 0.319 e. The Hall–Kier alpha value is -2.33. The lowest BCUT2D eigenvalue weighted by Crippen LogP contribution is -2.14. The Balaban J connectivity index is 2.11. The number of halogens is 2. The van der Waals surface area contributed by atoms with Crippen LogP contribution in [0.15, 0.2) is 48.5 Å². The summed E-state index contributed by atoms with van der Waals surface area (Å²) in [5, 5.41) is 1.04. The second-order valence-corrected chi connectivity index (χ2v) is 5.06. The van der Waals surface area contributed by atoms with E-state index < -0.39 is 17.7 Å². The van der Waals surface area contributed by atoms with E-state index in [-0.39, 0.29) is 0 Å². The lowest BCUT2D eigenvalue weighted by Gasteiger charge is -2.14. The molecular formula is C17H14F2N2. The molecule has 3 rings (SSSR count). The molecule has 3 aromatic rings. The SMILES string of the molecule is Cc1cc(C(N)c2cc(F)cc(F)c2)nc2ccccc12. The number of fused-ring (bicyclic) bond motifs is 1. The molecule has 0 saturated heterocycles. The van der Waals surface area contributed by atoms with Crippen LogP contribution in [0.1, 0.15) is 22.9 Å². The van der Waals surface area contributed by atoms with Crippen molar-refractivity contribution < 1.29 is 8.78 Å². The summed E-state index contributed by atoms with van der Waals surface area (Å²) in [5.41, 5.74) is 8.93. The maximum atomic E-state index is 13.3. The predicted octanol–water partition coefficient (Wildman–Crippen LogP) is 3.87. The highest BCUT2D eigenvalue weighted by Gasteiger charge is 2.14. The predicted molar refractivity (Wildman–Crippen MR) is 78.9 cm³/mol. The van der Waals surface area contributed by atoms with E-state index in [2.05, 4.69) is 4.98 Å². The minimum absolute atomic E-state index is 0.370. The Morgan fingerprint density at radius 1 is 1.00 bits per heavy atom. The van der Waals surface area contributed by atoms with Crippen LogP contribution in [-0.2, 0) is 0 Å². The van der Waals surface area contributed by atoms with E-state index in [1.807, 2.05) is 37.3 Å². The van der Waals surface area contributed by atoms with Gasteiger partial charge in [0.05, 0.1) is 17.3 Å². The number of nitrogens with zero attached hydrogens (tertiary/aromatic N) is 1. The number of hydrogen-bond acceptors (Lipinski definition) is 2. The molecule has 0 amide bonds. The molecule has 4 heteroatoms. The van der Waals surface area contributed by atoms with E-state index in [9.17, 15) is 8.78 Å². The van der Waals surface area contributed by atoms with Crippen LogP contribution in [0.2, 0.25) is 0 Å². The molecule has 0 aliphatic carbocycles. The van der Waals surface area contributed by atoms with Crippen LogP contribution in [-0.4, -0.2) is 4.98 Å². The van der Waals surface area contributed by atoms with Crippen LogP contribution >= 0.6 is 0 Å². The summed E-state index contributed by atoms with van der Waals surface area (Å²) < 4.78 is 26.6. The summed E-state index contributed by atoms with van der Waals surface area (Å²) in [6.45, 7) is 1.96. The van der Waals surface area contributed by atoms with E-state index in [0.717, 1.165) is 22.5 Å². The fourth-order valence-electron chi connectivity index (χ4n) is 2.46. The van der Waals surface area contributed by atoms with E-state index in [1.54, 1.807) is 0 Å². The first-order chi connectivity index (χ1) is 10.0. The van der Waals surface area contributed by atoms with Gasteiger partial charge in [0.25, 0.3) is 0 Å². The number of pyridine rings is 1. The molecule has 0 aliphatic heterocycles. The molecule has 21 heavy (non-hydrogen) atoms. The summed E-state index contributed by atoms with van der Waals surface area (Å²) in [7, 11) is 0. The molecule has 1 unspecified atom stereocenters. The summed E-state index contributed by atoms with van der Waals surface area (Å²) in [6, 6.07) is 12.2. The number of rotatable bonds is 2. The summed E-state index contributed by atoms with van der Waals surface area (Å²) in [5.74, 6) is -1.28. The van der Waals surface area contributed by atoms with Gasteiger partial charge in [-0.1, -0.05) is 18.2 Å². The molecule has 2 nitrogen and oxygen atoms in total. The standard InChI is InChI=1S/C17H14F2N2/c1-10-6-16(21-15-5-3-2-4-14(10)15)17(20)11-7-12(18)9-13(19)8-11/h2-9,17H,20H2,1H3. The van der Waals surface area contributed by atoms with Gasteiger partial charge in [0.1, 0.15) is 11.6 Å². The van der Waals surface area contributed by atoms with Crippen LogP contribution in [0.25, 0.3) is 10.9 Å². The number of benzene rings is 2. The minimum Gasteiger partial charge on any atom is -0.319 e. The Morgan fingerprint density at radius 3 is 2.38 bits per heavy atom. The smallest absolute Gasteiger partial charge is 0.126 e. The number of hydrogen-bond donors (Lipinski definition) is 1. The molecule has 0 bridgehead atoms. The Morgan fingerprint density at radius 2 is 1.67 bits per heavy atom. The van der Waals surface area contributed by atoms with Crippen molar-refractivity contribution in [3.8, 4) is 0 Å². The third kappa shape index (κ3) is 2.62. The monoisotopic (exact) mass is 284 g/mol. The Bertz CT molecular complexity index is 795. The fraction of sp³-hybridized carbons (Fsp3) is 0.118. The third-order valence-electron chi connectivity index (χ3n) is 3.51. The van der Waals surface area contributed by atoms with Crippen molar-refractivity contribution in [1.29, 1.82) is 0 Å². The summed E-state index contributed by atoms with van der Waals surface area (Å²) in [6.07, 6.45) is 0. The molecule has 1 atom stereocenters. The topological polar surface area (TPSA) is 38.9 Å². The second kappa shape index (κ2) is 5.22. The van der Waals surface area contributed by atoms with Crippen LogP contribution in [0.4, 0.5) is 8.78 Å². The first-order valence-corrected chi connectivity index (χ1v) is 6.62. The van der Waals surface area contributed by atoms with Gasteiger partial charge < -0.3 is 5.73 Å². The van der Waals surface area contributed by atoms with Crippen LogP contribution in [0.3, 0.4) is 0 Å². The van der Waals surface area contributed by atoms with Crippen molar-refractivity contribution >= 4 is 10.9 Å².